The molecule has 0 radical (unpaired) electrons. The summed E-state index contributed by atoms with van der Waals surface area (Å²) < 4.78 is 41.1. The average Bonchev–Trinajstić information content (AvgIpc) is 3.46. The molecule has 4 aromatic rings. The third kappa shape index (κ3) is 6.06. The molecule has 0 aliphatic carbocycles. The number of aromatic nitrogens is 2. The fourth-order valence-electron chi connectivity index (χ4n) is 5.86. The van der Waals surface area contributed by atoms with Crippen LogP contribution in [0.5, 0.6) is 11.5 Å². The van der Waals surface area contributed by atoms with Crippen LogP contribution in [0.1, 0.15) is 41.1 Å². The van der Waals surface area contributed by atoms with Crippen molar-refractivity contribution >= 4 is 27.4 Å². The Labute approximate surface area is 266 Å². The maximum absolute atomic E-state index is 13.4. The first-order valence-corrected chi connectivity index (χ1v) is 16.5. The van der Waals surface area contributed by atoms with Gasteiger partial charge in [0.1, 0.15) is 17.2 Å². The Kier molecular flexibility index (Phi) is 8.75. The van der Waals surface area contributed by atoms with Gasteiger partial charge in [-0.1, -0.05) is 29.8 Å². The highest BCUT2D eigenvalue weighted by molar-refractivity contribution is 7.89. The van der Waals surface area contributed by atoms with E-state index in [1.165, 1.54) is 28.6 Å². The van der Waals surface area contributed by atoms with Gasteiger partial charge in [-0.15, -0.1) is 0 Å². The van der Waals surface area contributed by atoms with Crippen LogP contribution < -0.4 is 10.1 Å². The number of nitro groups is 1. The second kappa shape index (κ2) is 12.9. The number of hydrogen-bond acceptors (Lipinski definition) is 10. The van der Waals surface area contributed by atoms with Crippen LogP contribution in [-0.4, -0.2) is 77.6 Å². The third-order valence-electron chi connectivity index (χ3n) is 8.15. The molecule has 0 bridgehead atoms. The molecule has 46 heavy (non-hydrogen) atoms. The zero-order valence-electron chi connectivity index (χ0n) is 25.5. The summed E-state index contributed by atoms with van der Waals surface area (Å²) in [4.78, 5) is 25.9. The molecule has 3 heterocycles. The number of nitro benzene ring substituents is 1. The summed E-state index contributed by atoms with van der Waals surface area (Å²) in [5.41, 5.74) is 2.88. The van der Waals surface area contributed by atoms with Crippen LogP contribution in [0.3, 0.4) is 0 Å². The van der Waals surface area contributed by atoms with Crippen molar-refractivity contribution in [3.05, 3.63) is 99.9 Å². The van der Waals surface area contributed by atoms with E-state index < -0.39 is 26.6 Å². The highest BCUT2D eigenvalue weighted by Crippen LogP contribution is 2.38. The summed E-state index contributed by atoms with van der Waals surface area (Å²) in [7, 11) is -4.07. The van der Waals surface area contributed by atoms with Crippen molar-refractivity contribution in [2.75, 3.05) is 44.6 Å². The van der Waals surface area contributed by atoms with Crippen LogP contribution in [-0.2, 0) is 14.8 Å². The van der Waals surface area contributed by atoms with Gasteiger partial charge in [0.2, 0.25) is 10.0 Å². The van der Waals surface area contributed by atoms with Gasteiger partial charge < -0.3 is 14.8 Å². The summed E-state index contributed by atoms with van der Waals surface area (Å²) in [6.07, 6.45) is 0.687. The average molecular weight is 647 g/mol. The van der Waals surface area contributed by atoms with Crippen molar-refractivity contribution in [3.8, 4) is 17.2 Å². The molecule has 2 aliphatic heterocycles. The number of rotatable bonds is 9. The van der Waals surface area contributed by atoms with Gasteiger partial charge in [-0.2, -0.15) is 9.40 Å². The van der Waals surface area contributed by atoms with E-state index in [1.807, 2.05) is 55.5 Å². The smallest absolute Gasteiger partial charge is 0.359 e. The highest BCUT2D eigenvalue weighted by atomic mass is 32.2. The summed E-state index contributed by atoms with van der Waals surface area (Å²) >= 11 is 0. The minimum Gasteiger partial charge on any atom is -0.461 e. The van der Waals surface area contributed by atoms with E-state index >= 15 is 0 Å². The summed E-state index contributed by atoms with van der Waals surface area (Å²) in [5, 5.41) is 19.8. The van der Waals surface area contributed by atoms with Crippen LogP contribution in [0.15, 0.2) is 77.7 Å². The molecule has 1 N–H and O–H groups in total. The Balaban J connectivity index is 1.25. The Morgan fingerprint density at radius 1 is 1.00 bits per heavy atom. The summed E-state index contributed by atoms with van der Waals surface area (Å²) in [6, 6.07) is 20.2. The quantitative estimate of drug-likeness (QED) is 0.151. The van der Waals surface area contributed by atoms with E-state index in [9.17, 15) is 23.3 Å². The number of esters is 1. The lowest BCUT2D eigenvalue weighted by Gasteiger charge is -2.39. The lowest BCUT2D eigenvalue weighted by atomic mass is 10.0. The maximum Gasteiger partial charge on any atom is 0.359 e. The number of sulfonamides is 1. The molecular weight excluding hydrogens is 612 g/mol. The number of nitrogens with one attached hydrogen (secondary N) is 1. The Bertz CT molecular complexity index is 1850. The van der Waals surface area contributed by atoms with Gasteiger partial charge in [0, 0.05) is 38.8 Å². The fraction of sp³-hybridized carbons (Fsp3) is 0.312. The lowest BCUT2D eigenvalue weighted by molar-refractivity contribution is -0.387. The molecule has 1 atom stereocenters. The molecule has 1 saturated heterocycles. The minimum atomic E-state index is -4.07. The molecule has 0 unspecified atom stereocenters. The molecule has 14 heteroatoms. The van der Waals surface area contributed by atoms with Crippen molar-refractivity contribution in [1.82, 2.24) is 19.0 Å². The minimum absolute atomic E-state index is 0.154. The number of hydrogen-bond donors (Lipinski definition) is 1. The molecule has 240 valence electrons. The number of carbonyl (C=O) groups is 1. The molecule has 2 aliphatic rings. The molecule has 13 nitrogen and oxygen atoms in total. The van der Waals surface area contributed by atoms with Gasteiger partial charge in [-0.05, 0) is 62.7 Å². The van der Waals surface area contributed by atoms with E-state index in [-0.39, 0.29) is 36.3 Å². The van der Waals surface area contributed by atoms with Crippen LogP contribution in [0.2, 0.25) is 0 Å². The van der Waals surface area contributed by atoms with E-state index in [2.05, 4.69) is 10.2 Å². The second-order valence-electron chi connectivity index (χ2n) is 11.0. The zero-order chi connectivity index (χ0) is 32.4. The van der Waals surface area contributed by atoms with Crippen molar-refractivity contribution in [2.45, 2.75) is 31.2 Å². The van der Waals surface area contributed by atoms with Gasteiger partial charge >= 0.3 is 5.97 Å². The normalized spacial score (nSPS) is 17.1. The fourth-order valence-corrected chi connectivity index (χ4v) is 7.44. The third-order valence-corrected chi connectivity index (χ3v) is 10.1. The van der Waals surface area contributed by atoms with Crippen molar-refractivity contribution in [2.24, 2.45) is 0 Å². The Morgan fingerprint density at radius 3 is 2.30 bits per heavy atom. The summed E-state index contributed by atoms with van der Waals surface area (Å²) in [6.45, 7) is 5.61. The van der Waals surface area contributed by atoms with Crippen LogP contribution in [0, 0.1) is 17.0 Å². The van der Waals surface area contributed by atoms with Gasteiger partial charge in [-0.3, -0.25) is 15.0 Å². The predicted octanol–water partition coefficient (Wildman–Crippen LogP) is 4.92. The molecule has 3 aromatic carbocycles. The van der Waals surface area contributed by atoms with Gasteiger partial charge in [0.05, 0.1) is 28.9 Å². The number of anilines is 1. The Hall–Kier alpha value is -4.79. The van der Waals surface area contributed by atoms with Crippen molar-refractivity contribution < 1.29 is 27.6 Å². The first kappa shape index (κ1) is 31.2. The topological polar surface area (TPSA) is 149 Å². The van der Waals surface area contributed by atoms with Crippen LogP contribution in [0.4, 0.5) is 11.4 Å². The number of piperazine rings is 1. The predicted molar refractivity (Wildman–Crippen MR) is 170 cm³/mol. The first-order chi connectivity index (χ1) is 22.2. The van der Waals surface area contributed by atoms with Crippen LogP contribution >= 0.6 is 0 Å². The molecule has 0 saturated carbocycles. The Morgan fingerprint density at radius 2 is 1.65 bits per heavy atom. The van der Waals surface area contributed by atoms with E-state index in [1.54, 1.807) is 11.6 Å². The zero-order valence-corrected chi connectivity index (χ0v) is 26.3. The standard InChI is InChI=1S/C32H34N6O7S/c1-3-44-32(39)31-30-29(34-37(31)23-10-14-25(15-11-23)45-24-12-8-22(2)9-13-24)27(16-17-33-30)35-18-20-36(21-19-35)46(42,43)28-7-5-4-6-26(28)38(40)41/h4-15,27,33H,3,16-21H2,1-2H3/t27-/m0/s1. The van der Waals surface area contributed by atoms with E-state index in [0.29, 0.717) is 54.6 Å². The number of nitrogens with zero attached hydrogens (tertiary/aromatic N) is 5. The maximum atomic E-state index is 13.4. The molecule has 6 rings (SSSR count). The number of aryl methyl sites for hydroxylation is 1. The first-order valence-electron chi connectivity index (χ1n) is 15.0. The highest BCUT2D eigenvalue weighted by Gasteiger charge is 2.39. The number of carbonyl (C=O) groups excluding carboxylic acids is 1. The van der Waals surface area contributed by atoms with Gasteiger partial charge in [0.15, 0.2) is 10.6 Å². The number of para-hydroxylation sites is 1. The number of ether oxygens (including phenoxy) is 2. The van der Waals surface area contributed by atoms with Gasteiger partial charge in [-0.25, -0.2) is 17.9 Å². The molecule has 0 spiro atoms. The van der Waals surface area contributed by atoms with Crippen molar-refractivity contribution in [3.63, 3.8) is 0 Å². The van der Waals surface area contributed by atoms with E-state index in [4.69, 9.17) is 14.6 Å². The molecule has 1 aromatic heterocycles. The largest absolute Gasteiger partial charge is 0.461 e. The molecular formula is C32H34N6O7S. The van der Waals surface area contributed by atoms with Crippen LogP contribution in [0.25, 0.3) is 5.69 Å². The monoisotopic (exact) mass is 646 g/mol. The second-order valence-corrected chi connectivity index (χ2v) is 13.0. The van der Waals surface area contributed by atoms with Crippen molar-refractivity contribution in [1.29, 1.82) is 0 Å². The number of fused-ring (bicyclic) bond motifs is 1. The van der Waals surface area contributed by atoms with E-state index in [0.717, 1.165) is 5.56 Å². The molecule has 0 amide bonds. The SMILES string of the molecule is CCOC(=O)c1c2c(nn1-c1ccc(Oc3ccc(C)cc3)cc1)[C@@H](N1CCN(S(=O)(=O)c3ccccc3[N+](=O)[O-])CC1)CCN2. The lowest BCUT2D eigenvalue weighted by Crippen LogP contribution is -2.50. The summed E-state index contributed by atoms with van der Waals surface area (Å²) in [5.74, 6) is 0.832. The molecule has 1 fully saturated rings. The number of benzene rings is 3. The van der Waals surface area contributed by atoms with Gasteiger partial charge in [0.25, 0.3) is 5.69 Å².